The van der Waals surface area contributed by atoms with Gasteiger partial charge in [-0.25, -0.2) is 4.79 Å². The van der Waals surface area contributed by atoms with Crippen molar-refractivity contribution in [2.45, 2.75) is 27.7 Å². The molecule has 0 saturated heterocycles. The molecule has 0 heterocycles. The number of ether oxygens (including phenoxy) is 1. The van der Waals surface area contributed by atoms with Crippen molar-refractivity contribution in [3.8, 4) is 0 Å². The van der Waals surface area contributed by atoms with Gasteiger partial charge in [0, 0.05) is 18.8 Å². The molecular formula is C11H21NO2. The molecule has 0 bridgehead atoms. The average molecular weight is 199 g/mol. The Hall–Kier alpha value is -0.990. The number of rotatable bonds is 4. The van der Waals surface area contributed by atoms with E-state index in [2.05, 4.69) is 37.7 Å². The lowest BCUT2D eigenvalue weighted by molar-refractivity contribution is -0.134. The number of methoxy groups -OCH3 is 1. The third-order valence-electron chi connectivity index (χ3n) is 2.44. The number of hydrogen-bond acceptors (Lipinski definition) is 3. The summed E-state index contributed by atoms with van der Waals surface area (Å²) in [5, 5.41) is 3.08. The second-order valence-corrected chi connectivity index (χ2v) is 4.53. The number of carbonyl (C=O) groups is 1. The summed E-state index contributed by atoms with van der Waals surface area (Å²) >= 11 is 0. The van der Waals surface area contributed by atoms with Crippen LogP contribution in [0.4, 0.5) is 0 Å². The first-order chi connectivity index (χ1) is 6.38. The molecule has 0 rings (SSSR count). The van der Waals surface area contributed by atoms with Gasteiger partial charge in [0.05, 0.1) is 7.11 Å². The Bertz CT molecular complexity index is 204. The molecular weight excluding hydrogens is 178 g/mol. The van der Waals surface area contributed by atoms with Gasteiger partial charge < -0.3 is 10.1 Å². The van der Waals surface area contributed by atoms with E-state index in [1.807, 2.05) is 0 Å². The summed E-state index contributed by atoms with van der Waals surface area (Å²) in [6.07, 6.45) is 3.02. The molecule has 3 heteroatoms. The molecule has 0 fully saturated rings. The molecule has 1 N–H and O–H groups in total. The Balaban J connectivity index is 3.75. The molecule has 0 aromatic rings. The van der Waals surface area contributed by atoms with E-state index in [-0.39, 0.29) is 11.4 Å². The quantitative estimate of drug-likeness (QED) is 0.555. The van der Waals surface area contributed by atoms with Gasteiger partial charge >= 0.3 is 5.97 Å². The second-order valence-electron chi connectivity index (χ2n) is 4.53. The summed E-state index contributed by atoms with van der Waals surface area (Å²) in [4.78, 5) is 10.7. The highest BCUT2D eigenvalue weighted by Crippen LogP contribution is 2.24. The van der Waals surface area contributed by atoms with Crippen molar-refractivity contribution in [2.75, 3.05) is 13.7 Å². The Morgan fingerprint density at radius 3 is 2.50 bits per heavy atom. The van der Waals surface area contributed by atoms with Gasteiger partial charge in [-0.1, -0.05) is 27.7 Å². The maximum Gasteiger partial charge on any atom is 0.331 e. The molecule has 0 amide bonds. The molecule has 0 aliphatic rings. The van der Waals surface area contributed by atoms with Crippen LogP contribution in [0.2, 0.25) is 0 Å². The lowest BCUT2D eigenvalue weighted by Crippen LogP contribution is -2.27. The first-order valence-electron chi connectivity index (χ1n) is 4.86. The fourth-order valence-electron chi connectivity index (χ4n) is 0.746. The predicted molar refractivity (Wildman–Crippen MR) is 57.8 cm³/mol. The highest BCUT2D eigenvalue weighted by Gasteiger charge is 2.18. The van der Waals surface area contributed by atoms with Gasteiger partial charge in [0.1, 0.15) is 0 Å². The van der Waals surface area contributed by atoms with Crippen molar-refractivity contribution < 1.29 is 9.53 Å². The zero-order chi connectivity index (χ0) is 11.2. The molecule has 0 saturated carbocycles. The largest absolute Gasteiger partial charge is 0.466 e. The van der Waals surface area contributed by atoms with E-state index >= 15 is 0 Å². The van der Waals surface area contributed by atoms with Gasteiger partial charge in [0.15, 0.2) is 0 Å². The summed E-state index contributed by atoms with van der Waals surface area (Å²) < 4.78 is 4.46. The van der Waals surface area contributed by atoms with Crippen LogP contribution in [0.1, 0.15) is 27.7 Å². The van der Waals surface area contributed by atoms with Gasteiger partial charge in [0.25, 0.3) is 0 Å². The predicted octanol–water partition coefficient (Wildman–Crippen LogP) is 1.94. The third kappa shape index (κ3) is 5.62. The molecule has 0 aromatic heterocycles. The van der Waals surface area contributed by atoms with Gasteiger partial charge in [-0.3, -0.25) is 0 Å². The zero-order valence-corrected chi connectivity index (χ0v) is 9.76. The molecule has 82 valence electrons. The van der Waals surface area contributed by atoms with Crippen molar-refractivity contribution in [2.24, 2.45) is 11.3 Å². The van der Waals surface area contributed by atoms with Crippen LogP contribution in [0.5, 0.6) is 0 Å². The van der Waals surface area contributed by atoms with Crippen LogP contribution in [-0.2, 0) is 9.53 Å². The zero-order valence-electron chi connectivity index (χ0n) is 9.76. The Morgan fingerprint density at radius 1 is 1.50 bits per heavy atom. The standard InChI is InChI=1S/C11H21NO2/c1-9(11(2,3)4)8-12-7-6-10(13)14-5/h6-7,9,12H,8H2,1-5H3/b7-6+. The van der Waals surface area contributed by atoms with E-state index in [1.54, 1.807) is 6.20 Å². The molecule has 14 heavy (non-hydrogen) atoms. The smallest absolute Gasteiger partial charge is 0.331 e. The van der Waals surface area contributed by atoms with Crippen molar-refractivity contribution in [3.63, 3.8) is 0 Å². The minimum atomic E-state index is -0.332. The normalized spacial score (nSPS) is 14.1. The fourth-order valence-corrected chi connectivity index (χ4v) is 0.746. The molecule has 1 unspecified atom stereocenters. The highest BCUT2D eigenvalue weighted by atomic mass is 16.5. The van der Waals surface area contributed by atoms with Crippen LogP contribution < -0.4 is 5.32 Å². The average Bonchev–Trinajstić information content (AvgIpc) is 2.09. The first kappa shape index (κ1) is 13.0. The van der Waals surface area contributed by atoms with E-state index < -0.39 is 0 Å². The van der Waals surface area contributed by atoms with E-state index in [1.165, 1.54) is 13.2 Å². The van der Waals surface area contributed by atoms with E-state index in [0.29, 0.717) is 5.92 Å². The monoisotopic (exact) mass is 199 g/mol. The highest BCUT2D eigenvalue weighted by molar-refractivity contribution is 5.81. The third-order valence-corrected chi connectivity index (χ3v) is 2.44. The summed E-state index contributed by atoms with van der Waals surface area (Å²) in [6, 6.07) is 0. The van der Waals surface area contributed by atoms with Crippen LogP contribution >= 0.6 is 0 Å². The molecule has 1 atom stereocenters. The van der Waals surface area contributed by atoms with Crippen LogP contribution in [0, 0.1) is 11.3 Å². The lowest BCUT2D eigenvalue weighted by Gasteiger charge is -2.26. The topological polar surface area (TPSA) is 38.3 Å². The van der Waals surface area contributed by atoms with E-state index in [9.17, 15) is 4.79 Å². The van der Waals surface area contributed by atoms with Crippen LogP contribution in [0.15, 0.2) is 12.3 Å². The minimum Gasteiger partial charge on any atom is -0.466 e. The van der Waals surface area contributed by atoms with Gasteiger partial charge in [-0.15, -0.1) is 0 Å². The summed E-state index contributed by atoms with van der Waals surface area (Å²) in [5.41, 5.74) is 0.284. The molecule has 0 spiro atoms. The molecule has 0 aliphatic carbocycles. The maximum absolute atomic E-state index is 10.7. The van der Waals surface area contributed by atoms with E-state index in [4.69, 9.17) is 0 Å². The summed E-state index contributed by atoms with van der Waals surface area (Å²) in [5.74, 6) is 0.214. The Labute approximate surface area is 86.5 Å². The number of nitrogens with one attached hydrogen (secondary N) is 1. The van der Waals surface area contributed by atoms with Crippen molar-refractivity contribution in [1.29, 1.82) is 0 Å². The number of carbonyl (C=O) groups excluding carboxylic acids is 1. The molecule has 3 nitrogen and oxygen atoms in total. The van der Waals surface area contributed by atoms with Crippen molar-refractivity contribution in [3.05, 3.63) is 12.3 Å². The molecule has 0 aliphatic heterocycles. The van der Waals surface area contributed by atoms with Gasteiger partial charge in [-0.05, 0) is 11.3 Å². The minimum absolute atomic E-state index is 0.284. The van der Waals surface area contributed by atoms with Crippen LogP contribution in [-0.4, -0.2) is 19.6 Å². The number of hydrogen-bond donors (Lipinski definition) is 1. The van der Waals surface area contributed by atoms with Crippen LogP contribution in [0.3, 0.4) is 0 Å². The second kappa shape index (κ2) is 5.68. The lowest BCUT2D eigenvalue weighted by atomic mass is 9.82. The van der Waals surface area contributed by atoms with Crippen molar-refractivity contribution in [1.82, 2.24) is 5.32 Å². The van der Waals surface area contributed by atoms with E-state index in [0.717, 1.165) is 6.54 Å². The number of esters is 1. The van der Waals surface area contributed by atoms with Crippen molar-refractivity contribution >= 4 is 5.97 Å². The Kier molecular flexibility index (Phi) is 5.28. The van der Waals surface area contributed by atoms with Gasteiger partial charge in [0.2, 0.25) is 0 Å². The van der Waals surface area contributed by atoms with Gasteiger partial charge in [-0.2, -0.15) is 0 Å². The van der Waals surface area contributed by atoms with Crippen LogP contribution in [0.25, 0.3) is 0 Å². The molecule has 0 radical (unpaired) electrons. The fraction of sp³-hybridized carbons (Fsp3) is 0.727. The SMILES string of the molecule is COC(=O)/C=C/NCC(C)C(C)(C)C. The summed E-state index contributed by atoms with van der Waals surface area (Å²) in [6.45, 7) is 9.63. The summed E-state index contributed by atoms with van der Waals surface area (Å²) in [7, 11) is 1.37. The Morgan fingerprint density at radius 2 is 2.07 bits per heavy atom. The molecule has 0 aromatic carbocycles. The first-order valence-corrected chi connectivity index (χ1v) is 4.86. The maximum atomic E-state index is 10.7.